The van der Waals surface area contributed by atoms with E-state index in [4.69, 9.17) is 5.11 Å². The highest BCUT2D eigenvalue weighted by molar-refractivity contribution is 5.97. The number of aliphatic hydroxyl groups is 1. The first kappa shape index (κ1) is 14.0. The first-order chi connectivity index (χ1) is 9.13. The lowest BCUT2D eigenvalue weighted by Crippen LogP contribution is -2.52. The minimum absolute atomic E-state index is 0.0206. The van der Waals surface area contributed by atoms with Crippen molar-refractivity contribution in [2.75, 3.05) is 31.6 Å². The van der Waals surface area contributed by atoms with Crippen LogP contribution in [0.4, 0.5) is 10.1 Å². The van der Waals surface area contributed by atoms with Gasteiger partial charge in [0.1, 0.15) is 5.82 Å². The molecule has 1 unspecified atom stereocenters. The molecule has 1 aromatic rings. The largest absolute Gasteiger partial charge is 0.395 e. The summed E-state index contributed by atoms with van der Waals surface area (Å²) in [6.45, 7) is 1.11. The lowest BCUT2D eigenvalue weighted by Gasteiger charge is -2.36. The zero-order chi connectivity index (χ0) is 13.8. The summed E-state index contributed by atoms with van der Waals surface area (Å²) in [7, 11) is 1.83. The fourth-order valence-corrected chi connectivity index (χ4v) is 2.48. The average Bonchev–Trinajstić information content (AvgIpc) is 2.39. The van der Waals surface area contributed by atoms with Gasteiger partial charge in [-0.3, -0.25) is 9.69 Å². The number of carbonyl (C=O) groups excluding carboxylic acids is 1. The van der Waals surface area contributed by atoms with Gasteiger partial charge >= 0.3 is 0 Å². The number of rotatable bonds is 4. The Morgan fingerprint density at radius 3 is 3.00 bits per heavy atom. The van der Waals surface area contributed by atoms with Crippen molar-refractivity contribution >= 4 is 11.6 Å². The molecule has 1 atom stereocenters. The van der Waals surface area contributed by atoms with Gasteiger partial charge in [-0.2, -0.15) is 0 Å². The summed E-state index contributed by atoms with van der Waals surface area (Å²) in [5, 5.41) is 8.96. The Hall–Kier alpha value is -1.46. The van der Waals surface area contributed by atoms with Crippen molar-refractivity contribution in [2.45, 2.75) is 18.9 Å². The fourth-order valence-electron chi connectivity index (χ4n) is 2.48. The second kappa shape index (κ2) is 6.12. The van der Waals surface area contributed by atoms with Crippen LogP contribution in [0.5, 0.6) is 0 Å². The quantitative estimate of drug-likeness (QED) is 0.892. The van der Waals surface area contributed by atoms with Crippen LogP contribution in [-0.2, 0) is 4.79 Å². The molecule has 0 saturated carbocycles. The Morgan fingerprint density at radius 2 is 2.32 bits per heavy atom. The Bertz CT molecular complexity index is 453. The van der Waals surface area contributed by atoms with Gasteiger partial charge in [0.25, 0.3) is 0 Å². The standard InChI is InChI=1S/C14H19FN2O2/c1-16(8-9-18)13-6-3-7-17(14(13)19)12-5-2-4-11(15)10-12/h2,4-5,10,13,18H,3,6-9H2,1H3. The minimum atomic E-state index is -0.337. The van der Waals surface area contributed by atoms with Crippen molar-refractivity contribution in [3.05, 3.63) is 30.1 Å². The SMILES string of the molecule is CN(CCO)C1CCCN(c2cccc(F)c2)C1=O. The number of halogens is 1. The van der Waals surface area contributed by atoms with Gasteiger partial charge in [-0.05, 0) is 38.1 Å². The van der Waals surface area contributed by atoms with E-state index in [0.29, 0.717) is 18.8 Å². The molecule has 1 amide bonds. The van der Waals surface area contributed by atoms with Crippen molar-refractivity contribution in [2.24, 2.45) is 0 Å². The lowest BCUT2D eigenvalue weighted by molar-refractivity contribution is -0.125. The Kier molecular flexibility index (Phi) is 4.50. The van der Waals surface area contributed by atoms with E-state index in [0.717, 1.165) is 12.8 Å². The van der Waals surface area contributed by atoms with Gasteiger partial charge in [-0.25, -0.2) is 4.39 Å². The van der Waals surface area contributed by atoms with Gasteiger partial charge in [0.15, 0.2) is 0 Å². The van der Waals surface area contributed by atoms with Crippen molar-refractivity contribution in [3.8, 4) is 0 Å². The molecule has 0 aliphatic carbocycles. The van der Waals surface area contributed by atoms with Crippen LogP contribution in [-0.4, -0.2) is 48.7 Å². The molecule has 1 fully saturated rings. The smallest absolute Gasteiger partial charge is 0.244 e. The molecule has 5 heteroatoms. The second-order valence-electron chi connectivity index (χ2n) is 4.83. The summed E-state index contributed by atoms with van der Waals surface area (Å²) < 4.78 is 13.2. The number of anilines is 1. The van der Waals surface area contributed by atoms with Crippen LogP contribution >= 0.6 is 0 Å². The number of amides is 1. The molecular weight excluding hydrogens is 247 g/mol. The molecule has 1 saturated heterocycles. The predicted octanol–water partition coefficient (Wildman–Crippen LogP) is 1.25. The van der Waals surface area contributed by atoms with Gasteiger partial charge in [-0.15, -0.1) is 0 Å². The molecule has 0 spiro atoms. The van der Waals surface area contributed by atoms with Gasteiger partial charge < -0.3 is 10.0 Å². The molecule has 0 aromatic heterocycles. The Morgan fingerprint density at radius 1 is 1.53 bits per heavy atom. The van der Waals surface area contributed by atoms with E-state index in [-0.39, 0.29) is 24.4 Å². The number of hydrogen-bond acceptors (Lipinski definition) is 3. The van der Waals surface area contributed by atoms with Gasteiger partial charge in [-0.1, -0.05) is 6.07 Å². The van der Waals surface area contributed by atoms with E-state index in [2.05, 4.69) is 0 Å². The zero-order valence-corrected chi connectivity index (χ0v) is 11.1. The summed E-state index contributed by atoms with van der Waals surface area (Å²) in [6, 6.07) is 5.87. The third-order valence-electron chi connectivity index (χ3n) is 3.52. The number of hydrogen-bond donors (Lipinski definition) is 1. The van der Waals surface area contributed by atoms with E-state index in [9.17, 15) is 9.18 Å². The van der Waals surface area contributed by atoms with Crippen LogP contribution in [0.15, 0.2) is 24.3 Å². The maximum absolute atomic E-state index is 13.2. The van der Waals surface area contributed by atoms with Crippen molar-refractivity contribution < 1.29 is 14.3 Å². The topological polar surface area (TPSA) is 43.8 Å². The van der Waals surface area contributed by atoms with Crippen LogP contribution in [0.25, 0.3) is 0 Å². The highest BCUT2D eigenvalue weighted by Gasteiger charge is 2.32. The number of benzene rings is 1. The third-order valence-corrected chi connectivity index (χ3v) is 3.52. The highest BCUT2D eigenvalue weighted by atomic mass is 19.1. The number of nitrogens with zero attached hydrogens (tertiary/aromatic N) is 2. The molecule has 0 bridgehead atoms. The molecule has 1 aliphatic heterocycles. The molecule has 0 radical (unpaired) electrons. The average molecular weight is 266 g/mol. The first-order valence-corrected chi connectivity index (χ1v) is 6.51. The zero-order valence-electron chi connectivity index (χ0n) is 11.1. The fraction of sp³-hybridized carbons (Fsp3) is 0.500. The Balaban J connectivity index is 2.16. The molecular formula is C14H19FN2O2. The van der Waals surface area contributed by atoms with Crippen molar-refractivity contribution in [3.63, 3.8) is 0 Å². The van der Waals surface area contributed by atoms with Gasteiger partial charge in [0.2, 0.25) is 5.91 Å². The molecule has 1 heterocycles. The van der Waals surface area contributed by atoms with Crippen LogP contribution < -0.4 is 4.90 Å². The first-order valence-electron chi connectivity index (χ1n) is 6.51. The normalized spacial score (nSPS) is 20.1. The molecule has 2 rings (SSSR count). The number of aliphatic hydroxyl groups excluding tert-OH is 1. The van der Waals surface area contributed by atoms with Crippen LogP contribution in [0.2, 0.25) is 0 Å². The molecule has 4 nitrogen and oxygen atoms in total. The summed E-state index contributed by atoms with van der Waals surface area (Å²) in [6.07, 6.45) is 1.66. The molecule has 1 aliphatic rings. The number of piperidine rings is 1. The van der Waals surface area contributed by atoms with E-state index < -0.39 is 0 Å². The van der Waals surface area contributed by atoms with Crippen molar-refractivity contribution in [1.82, 2.24) is 4.90 Å². The molecule has 1 aromatic carbocycles. The highest BCUT2D eigenvalue weighted by Crippen LogP contribution is 2.23. The molecule has 1 N–H and O–H groups in total. The van der Waals surface area contributed by atoms with Gasteiger partial charge in [0, 0.05) is 18.8 Å². The van der Waals surface area contributed by atoms with E-state index >= 15 is 0 Å². The van der Waals surface area contributed by atoms with E-state index in [1.165, 1.54) is 12.1 Å². The third kappa shape index (κ3) is 3.11. The van der Waals surface area contributed by atoms with Crippen molar-refractivity contribution in [1.29, 1.82) is 0 Å². The van der Waals surface area contributed by atoms with E-state index in [1.54, 1.807) is 17.0 Å². The summed E-state index contributed by atoms with van der Waals surface area (Å²) in [4.78, 5) is 15.9. The maximum atomic E-state index is 13.2. The number of carbonyl (C=O) groups is 1. The Labute approximate surface area is 112 Å². The summed E-state index contributed by atoms with van der Waals surface area (Å²) >= 11 is 0. The second-order valence-corrected chi connectivity index (χ2v) is 4.83. The van der Waals surface area contributed by atoms with Crippen LogP contribution in [0, 0.1) is 5.82 Å². The van der Waals surface area contributed by atoms with Gasteiger partial charge in [0.05, 0.1) is 12.6 Å². The summed E-state index contributed by atoms with van der Waals surface area (Å²) in [5.74, 6) is -0.357. The molecule has 19 heavy (non-hydrogen) atoms. The van der Waals surface area contributed by atoms with E-state index in [1.807, 2.05) is 11.9 Å². The van der Waals surface area contributed by atoms with Crippen LogP contribution in [0.1, 0.15) is 12.8 Å². The van der Waals surface area contributed by atoms with Crippen LogP contribution in [0.3, 0.4) is 0 Å². The predicted molar refractivity (Wildman–Crippen MR) is 71.5 cm³/mol. The molecule has 104 valence electrons. The lowest BCUT2D eigenvalue weighted by atomic mass is 10.0. The maximum Gasteiger partial charge on any atom is 0.244 e. The number of likely N-dealkylation sites (N-methyl/N-ethyl adjacent to an activating group) is 1. The monoisotopic (exact) mass is 266 g/mol. The minimum Gasteiger partial charge on any atom is -0.395 e. The summed E-state index contributed by atoms with van der Waals surface area (Å²) in [5.41, 5.74) is 0.604.